The molecule has 1 fully saturated rings. The molecule has 0 radical (unpaired) electrons. The number of fused-ring (bicyclic) bond motifs is 1. The maximum Gasteiger partial charge on any atom is 0.0447 e. The van der Waals surface area contributed by atoms with E-state index in [1.807, 2.05) is 0 Å². The van der Waals surface area contributed by atoms with Gasteiger partial charge in [-0.05, 0) is 32.1 Å². The van der Waals surface area contributed by atoms with Crippen molar-refractivity contribution in [2.75, 3.05) is 32.7 Å². The molecule has 0 bridgehead atoms. The van der Waals surface area contributed by atoms with Gasteiger partial charge in [0.15, 0.2) is 0 Å². The van der Waals surface area contributed by atoms with Gasteiger partial charge >= 0.3 is 0 Å². The summed E-state index contributed by atoms with van der Waals surface area (Å²) in [6.45, 7) is 5.64. The predicted molar refractivity (Wildman–Crippen MR) is 54.4 cm³/mol. The minimum Gasteiger partial charge on any atom is -0.372 e. The molecule has 2 aliphatic rings. The van der Waals surface area contributed by atoms with Crippen LogP contribution in [0.1, 0.15) is 12.8 Å². The summed E-state index contributed by atoms with van der Waals surface area (Å²) in [5.74, 6) is 0. The Morgan fingerprint density at radius 2 is 2.31 bits per heavy atom. The summed E-state index contributed by atoms with van der Waals surface area (Å²) < 4.78 is 0. The fourth-order valence-corrected chi connectivity index (χ4v) is 2.21. The smallest absolute Gasteiger partial charge is 0.0447 e. The lowest BCUT2D eigenvalue weighted by Gasteiger charge is -2.38. The molecule has 3 nitrogen and oxygen atoms in total. The molecule has 74 valence electrons. The number of hydrogen-bond acceptors (Lipinski definition) is 3. The lowest BCUT2D eigenvalue weighted by atomic mass is 10.1. The maximum absolute atomic E-state index is 5.50. The van der Waals surface area contributed by atoms with Crippen molar-refractivity contribution in [3.63, 3.8) is 0 Å². The molecule has 2 aliphatic heterocycles. The lowest BCUT2D eigenvalue weighted by Crippen LogP contribution is -2.49. The van der Waals surface area contributed by atoms with Crippen LogP contribution >= 0.6 is 0 Å². The van der Waals surface area contributed by atoms with Crippen LogP contribution < -0.4 is 5.73 Å². The van der Waals surface area contributed by atoms with Crippen molar-refractivity contribution < 1.29 is 0 Å². The highest BCUT2D eigenvalue weighted by Crippen LogP contribution is 2.19. The fraction of sp³-hybridized carbons (Fsp3) is 0.800. The van der Waals surface area contributed by atoms with E-state index >= 15 is 0 Å². The van der Waals surface area contributed by atoms with E-state index in [2.05, 4.69) is 22.1 Å². The van der Waals surface area contributed by atoms with Crippen LogP contribution in [0.2, 0.25) is 0 Å². The van der Waals surface area contributed by atoms with E-state index in [1.165, 1.54) is 32.6 Å². The molecule has 1 saturated heterocycles. The maximum atomic E-state index is 5.50. The molecule has 1 atom stereocenters. The first-order valence-electron chi connectivity index (χ1n) is 5.25. The molecule has 2 rings (SSSR count). The Bertz CT molecular complexity index is 191. The zero-order valence-electron chi connectivity index (χ0n) is 8.15. The molecule has 0 amide bonds. The van der Waals surface area contributed by atoms with Crippen molar-refractivity contribution in [1.29, 1.82) is 0 Å². The average molecular weight is 181 g/mol. The molecule has 0 aliphatic carbocycles. The van der Waals surface area contributed by atoms with Crippen LogP contribution in [0.4, 0.5) is 0 Å². The molecule has 13 heavy (non-hydrogen) atoms. The highest BCUT2D eigenvalue weighted by atomic mass is 15.3. The topological polar surface area (TPSA) is 32.5 Å². The van der Waals surface area contributed by atoms with Crippen molar-refractivity contribution in [2.24, 2.45) is 5.73 Å². The van der Waals surface area contributed by atoms with Gasteiger partial charge in [-0.3, -0.25) is 4.90 Å². The van der Waals surface area contributed by atoms with Crippen molar-refractivity contribution in [1.82, 2.24) is 9.80 Å². The molecular formula is C10H19N3. The van der Waals surface area contributed by atoms with Gasteiger partial charge < -0.3 is 10.6 Å². The summed E-state index contributed by atoms with van der Waals surface area (Å²) in [4.78, 5) is 5.01. The third-order valence-corrected chi connectivity index (χ3v) is 3.00. The van der Waals surface area contributed by atoms with Gasteiger partial charge in [-0.15, -0.1) is 0 Å². The van der Waals surface area contributed by atoms with Gasteiger partial charge in [-0.2, -0.15) is 0 Å². The Morgan fingerprint density at radius 1 is 1.38 bits per heavy atom. The summed E-state index contributed by atoms with van der Waals surface area (Å²) in [7, 11) is 0. The van der Waals surface area contributed by atoms with E-state index in [0.29, 0.717) is 0 Å². The largest absolute Gasteiger partial charge is 0.372 e. The SMILES string of the molecule is NCCCN1CCN2C=CCC2C1. The Kier molecular flexibility index (Phi) is 2.86. The molecule has 3 heteroatoms. The van der Waals surface area contributed by atoms with Crippen LogP contribution in [0.5, 0.6) is 0 Å². The summed E-state index contributed by atoms with van der Waals surface area (Å²) in [5.41, 5.74) is 5.50. The zero-order chi connectivity index (χ0) is 9.10. The first-order chi connectivity index (χ1) is 6.40. The van der Waals surface area contributed by atoms with Crippen molar-refractivity contribution in [3.8, 4) is 0 Å². The molecule has 2 heterocycles. The van der Waals surface area contributed by atoms with Crippen molar-refractivity contribution >= 4 is 0 Å². The predicted octanol–water partition coefficient (Wildman–Crippen LogP) is 0.239. The van der Waals surface area contributed by atoms with Crippen LogP contribution in [0.3, 0.4) is 0 Å². The molecule has 2 N–H and O–H groups in total. The summed E-state index contributed by atoms with van der Waals surface area (Å²) in [6.07, 6.45) is 6.92. The summed E-state index contributed by atoms with van der Waals surface area (Å²) >= 11 is 0. The molecule has 0 aromatic heterocycles. The number of nitrogens with zero attached hydrogens (tertiary/aromatic N) is 2. The average Bonchev–Trinajstić information content (AvgIpc) is 2.61. The van der Waals surface area contributed by atoms with Crippen LogP contribution in [-0.2, 0) is 0 Å². The standard InChI is InChI=1S/C10H19N3/c11-4-2-5-12-7-8-13-6-1-3-10(13)9-12/h1,6,10H,2-5,7-9,11H2. The molecular weight excluding hydrogens is 162 g/mol. The minimum atomic E-state index is 0.756. The number of piperazine rings is 1. The Labute approximate surface area is 80.2 Å². The second-order valence-corrected chi connectivity index (χ2v) is 3.95. The Morgan fingerprint density at radius 3 is 3.15 bits per heavy atom. The van der Waals surface area contributed by atoms with Gasteiger partial charge in [0.2, 0.25) is 0 Å². The minimum absolute atomic E-state index is 0.756. The number of nitrogens with two attached hydrogens (primary N) is 1. The second kappa shape index (κ2) is 4.11. The molecule has 1 unspecified atom stereocenters. The first kappa shape index (κ1) is 9.03. The van der Waals surface area contributed by atoms with E-state index in [-0.39, 0.29) is 0 Å². The van der Waals surface area contributed by atoms with Gasteiger partial charge in [0, 0.05) is 25.7 Å². The van der Waals surface area contributed by atoms with Gasteiger partial charge in [0.25, 0.3) is 0 Å². The Hall–Kier alpha value is -0.540. The van der Waals surface area contributed by atoms with Gasteiger partial charge in [0.1, 0.15) is 0 Å². The van der Waals surface area contributed by atoms with Crippen molar-refractivity contribution in [2.45, 2.75) is 18.9 Å². The van der Waals surface area contributed by atoms with Crippen LogP contribution in [-0.4, -0.2) is 48.6 Å². The van der Waals surface area contributed by atoms with Gasteiger partial charge in [-0.1, -0.05) is 6.08 Å². The van der Waals surface area contributed by atoms with E-state index in [0.717, 1.165) is 19.0 Å². The fourth-order valence-electron chi connectivity index (χ4n) is 2.21. The molecule has 0 spiro atoms. The lowest BCUT2D eigenvalue weighted by molar-refractivity contribution is 0.122. The highest BCUT2D eigenvalue weighted by Gasteiger charge is 2.26. The quantitative estimate of drug-likeness (QED) is 0.677. The number of hydrogen-bond donors (Lipinski definition) is 1. The summed E-state index contributed by atoms with van der Waals surface area (Å²) in [6, 6.07) is 0.756. The molecule has 0 aromatic rings. The van der Waals surface area contributed by atoms with Crippen molar-refractivity contribution in [3.05, 3.63) is 12.3 Å². The van der Waals surface area contributed by atoms with E-state index in [4.69, 9.17) is 5.73 Å². The molecule has 0 aromatic carbocycles. The van der Waals surface area contributed by atoms with E-state index in [1.54, 1.807) is 0 Å². The normalized spacial score (nSPS) is 28.1. The highest BCUT2D eigenvalue weighted by molar-refractivity contribution is 5.01. The Balaban J connectivity index is 1.78. The van der Waals surface area contributed by atoms with Gasteiger partial charge in [0.05, 0.1) is 0 Å². The zero-order valence-corrected chi connectivity index (χ0v) is 8.15. The monoisotopic (exact) mass is 181 g/mol. The third-order valence-electron chi connectivity index (χ3n) is 3.00. The third kappa shape index (κ3) is 2.03. The van der Waals surface area contributed by atoms with Gasteiger partial charge in [-0.25, -0.2) is 0 Å². The van der Waals surface area contributed by atoms with Crippen LogP contribution in [0, 0.1) is 0 Å². The number of rotatable bonds is 3. The van der Waals surface area contributed by atoms with E-state index < -0.39 is 0 Å². The summed E-state index contributed by atoms with van der Waals surface area (Å²) in [5, 5.41) is 0. The van der Waals surface area contributed by atoms with Crippen LogP contribution in [0.25, 0.3) is 0 Å². The molecule has 0 saturated carbocycles. The second-order valence-electron chi connectivity index (χ2n) is 3.95. The first-order valence-corrected chi connectivity index (χ1v) is 5.25. The van der Waals surface area contributed by atoms with E-state index in [9.17, 15) is 0 Å². The van der Waals surface area contributed by atoms with Crippen LogP contribution in [0.15, 0.2) is 12.3 Å².